The first-order valence-corrected chi connectivity index (χ1v) is 6.91. The Morgan fingerprint density at radius 1 is 1.22 bits per heavy atom. The van der Waals surface area contributed by atoms with Crippen molar-refractivity contribution in [3.63, 3.8) is 0 Å². The Morgan fingerprint density at radius 3 is 2.50 bits per heavy atom. The summed E-state index contributed by atoms with van der Waals surface area (Å²) in [5.74, 6) is 2.10. The summed E-state index contributed by atoms with van der Waals surface area (Å²) in [7, 11) is 0. The van der Waals surface area contributed by atoms with Gasteiger partial charge in [0.05, 0.1) is 6.61 Å². The monoisotopic (exact) mass is 246 g/mol. The van der Waals surface area contributed by atoms with E-state index in [-0.39, 0.29) is 0 Å². The quantitative estimate of drug-likeness (QED) is 0.618. The van der Waals surface area contributed by atoms with Gasteiger partial charge in [-0.15, -0.1) is 6.58 Å². The average molecular weight is 246 g/mol. The molecular weight excluding hydrogens is 220 g/mol. The summed E-state index contributed by atoms with van der Waals surface area (Å²) in [6.45, 7) is 13.3. The van der Waals surface area contributed by atoms with E-state index < -0.39 is 0 Å². The molecule has 0 aliphatic heterocycles. The molecule has 1 aromatic rings. The van der Waals surface area contributed by atoms with Crippen LogP contribution in [-0.2, 0) is 6.42 Å². The third-order valence-electron chi connectivity index (χ3n) is 2.91. The van der Waals surface area contributed by atoms with Crippen LogP contribution >= 0.6 is 0 Å². The van der Waals surface area contributed by atoms with Gasteiger partial charge in [0, 0.05) is 0 Å². The molecule has 0 saturated carbocycles. The molecule has 1 rings (SSSR count). The second kappa shape index (κ2) is 7.25. The zero-order valence-electron chi connectivity index (χ0n) is 12.2. The van der Waals surface area contributed by atoms with Gasteiger partial charge in [0.25, 0.3) is 0 Å². The molecule has 0 unspecified atom stereocenters. The van der Waals surface area contributed by atoms with Crippen LogP contribution in [0.3, 0.4) is 0 Å². The zero-order chi connectivity index (χ0) is 13.5. The Bertz CT molecular complexity index is 377. The van der Waals surface area contributed by atoms with Gasteiger partial charge in [0.2, 0.25) is 0 Å². The van der Waals surface area contributed by atoms with Gasteiger partial charge in [-0.3, -0.25) is 0 Å². The van der Waals surface area contributed by atoms with Crippen LogP contribution in [0.2, 0.25) is 0 Å². The summed E-state index contributed by atoms with van der Waals surface area (Å²) < 4.78 is 5.90. The summed E-state index contributed by atoms with van der Waals surface area (Å²) >= 11 is 0. The van der Waals surface area contributed by atoms with E-state index in [1.54, 1.807) is 0 Å². The first kappa shape index (κ1) is 14.8. The van der Waals surface area contributed by atoms with Crippen molar-refractivity contribution in [1.29, 1.82) is 0 Å². The number of ether oxygens (including phenoxy) is 1. The van der Waals surface area contributed by atoms with Gasteiger partial charge in [0.15, 0.2) is 0 Å². The van der Waals surface area contributed by atoms with E-state index in [4.69, 9.17) is 4.74 Å². The Hall–Kier alpha value is -1.24. The van der Waals surface area contributed by atoms with Crippen molar-refractivity contribution in [3.05, 3.63) is 42.0 Å². The maximum absolute atomic E-state index is 5.90. The molecule has 18 heavy (non-hydrogen) atoms. The molecule has 1 heteroatoms. The van der Waals surface area contributed by atoms with Gasteiger partial charge >= 0.3 is 0 Å². The molecule has 100 valence electrons. The lowest BCUT2D eigenvalue weighted by Gasteiger charge is -2.16. The van der Waals surface area contributed by atoms with Gasteiger partial charge in [-0.1, -0.05) is 45.9 Å². The molecule has 0 radical (unpaired) electrons. The Labute approximate surface area is 112 Å². The highest BCUT2D eigenvalue weighted by Gasteiger charge is 2.09. The molecule has 0 saturated heterocycles. The largest absolute Gasteiger partial charge is 0.493 e. The van der Waals surface area contributed by atoms with Crippen molar-refractivity contribution in [2.75, 3.05) is 6.61 Å². The summed E-state index contributed by atoms with van der Waals surface area (Å²) in [4.78, 5) is 0. The second-order valence-corrected chi connectivity index (χ2v) is 5.56. The highest BCUT2D eigenvalue weighted by Crippen LogP contribution is 2.28. The van der Waals surface area contributed by atoms with Crippen LogP contribution < -0.4 is 4.74 Å². The lowest BCUT2D eigenvalue weighted by molar-refractivity contribution is 0.267. The van der Waals surface area contributed by atoms with Gasteiger partial charge in [-0.25, -0.2) is 0 Å². The Balaban J connectivity index is 2.86. The first-order chi connectivity index (χ1) is 8.54. The number of aryl methyl sites for hydroxylation is 1. The van der Waals surface area contributed by atoms with Crippen LogP contribution in [0.5, 0.6) is 5.75 Å². The number of hydrogen-bond donors (Lipinski definition) is 0. The lowest BCUT2D eigenvalue weighted by Crippen LogP contribution is -2.07. The number of rotatable bonds is 7. The fraction of sp³-hybridized carbons (Fsp3) is 0.529. The molecule has 0 heterocycles. The highest BCUT2D eigenvalue weighted by molar-refractivity contribution is 5.39. The predicted octanol–water partition coefficient (Wildman–Crippen LogP) is 4.96. The molecule has 0 amide bonds. The summed E-state index contributed by atoms with van der Waals surface area (Å²) in [5, 5.41) is 0. The van der Waals surface area contributed by atoms with Crippen LogP contribution in [0.1, 0.15) is 51.2 Å². The zero-order valence-corrected chi connectivity index (χ0v) is 12.2. The van der Waals surface area contributed by atoms with Crippen molar-refractivity contribution in [2.45, 2.75) is 46.5 Å². The van der Waals surface area contributed by atoms with E-state index in [2.05, 4.69) is 52.5 Å². The van der Waals surface area contributed by atoms with E-state index >= 15 is 0 Å². The molecule has 0 aromatic heterocycles. The van der Waals surface area contributed by atoms with Gasteiger partial charge < -0.3 is 4.74 Å². The predicted molar refractivity (Wildman–Crippen MR) is 79.4 cm³/mol. The minimum Gasteiger partial charge on any atom is -0.493 e. The molecule has 0 spiro atoms. The van der Waals surface area contributed by atoms with Gasteiger partial charge in [-0.2, -0.15) is 0 Å². The van der Waals surface area contributed by atoms with Crippen molar-refractivity contribution in [2.24, 2.45) is 5.92 Å². The third-order valence-corrected chi connectivity index (χ3v) is 2.91. The molecule has 1 nitrogen and oxygen atoms in total. The summed E-state index contributed by atoms with van der Waals surface area (Å²) in [6.07, 6.45) is 4.07. The standard InChI is InChI=1S/C17H26O/c1-6-7-8-15-9-10-17(18-12-13(2)3)16(11-15)14(4)5/h6,9-11,13-14H,1,7-8,12H2,2-5H3. The maximum Gasteiger partial charge on any atom is 0.122 e. The van der Waals surface area contributed by atoms with E-state index in [1.807, 2.05) is 6.08 Å². The molecule has 1 aromatic carbocycles. The topological polar surface area (TPSA) is 9.23 Å². The maximum atomic E-state index is 5.90. The molecular formula is C17H26O. The van der Waals surface area contributed by atoms with Crippen LogP contribution in [-0.4, -0.2) is 6.61 Å². The van der Waals surface area contributed by atoms with E-state index in [1.165, 1.54) is 11.1 Å². The van der Waals surface area contributed by atoms with Crippen molar-refractivity contribution in [1.82, 2.24) is 0 Å². The lowest BCUT2D eigenvalue weighted by atomic mass is 9.98. The molecule has 0 aliphatic carbocycles. The van der Waals surface area contributed by atoms with Crippen LogP contribution in [0.15, 0.2) is 30.9 Å². The smallest absolute Gasteiger partial charge is 0.122 e. The molecule has 0 fully saturated rings. The number of hydrogen-bond acceptors (Lipinski definition) is 1. The Morgan fingerprint density at radius 2 is 1.94 bits per heavy atom. The van der Waals surface area contributed by atoms with Crippen molar-refractivity contribution >= 4 is 0 Å². The number of benzene rings is 1. The van der Waals surface area contributed by atoms with Crippen molar-refractivity contribution < 1.29 is 4.74 Å². The first-order valence-electron chi connectivity index (χ1n) is 6.91. The molecule has 0 N–H and O–H groups in total. The molecule has 0 bridgehead atoms. The fourth-order valence-corrected chi connectivity index (χ4v) is 1.86. The normalized spacial score (nSPS) is 11.0. The van der Waals surface area contributed by atoms with Crippen LogP contribution in [0.4, 0.5) is 0 Å². The summed E-state index contributed by atoms with van der Waals surface area (Å²) in [6, 6.07) is 6.57. The van der Waals surface area contributed by atoms with Crippen LogP contribution in [0, 0.1) is 5.92 Å². The minimum absolute atomic E-state index is 0.496. The second-order valence-electron chi connectivity index (χ2n) is 5.56. The third kappa shape index (κ3) is 4.56. The minimum atomic E-state index is 0.496. The van der Waals surface area contributed by atoms with E-state index in [0.717, 1.165) is 25.2 Å². The van der Waals surface area contributed by atoms with Gasteiger partial charge in [0.1, 0.15) is 5.75 Å². The Kier molecular flexibility index (Phi) is 5.97. The summed E-state index contributed by atoms with van der Waals surface area (Å²) in [5.41, 5.74) is 2.69. The van der Waals surface area contributed by atoms with Crippen molar-refractivity contribution in [3.8, 4) is 5.75 Å². The average Bonchev–Trinajstić information content (AvgIpc) is 2.34. The molecule has 0 atom stereocenters. The van der Waals surface area contributed by atoms with Crippen LogP contribution in [0.25, 0.3) is 0 Å². The van der Waals surface area contributed by atoms with Gasteiger partial charge in [-0.05, 0) is 41.9 Å². The molecule has 0 aliphatic rings. The number of allylic oxidation sites excluding steroid dienone is 1. The SMILES string of the molecule is C=CCCc1ccc(OCC(C)C)c(C(C)C)c1. The fourth-order valence-electron chi connectivity index (χ4n) is 1.86. The highest BCUT2D eigenvalue weighted by atomic mass is 16.5. The van der Waals surface area contributed by atoms with E-state index in [9.17, 15) is 0 Å². The van der Waals surface area contributed by atoms with E-state index in [0.29, 0.717) is 11.8 Å².